The number of thioether (sulfide) groups is 1. The van der Waals surface area contributed by atoms with Crippen molar-refractivity contribution in [2.75, 3.05) is 11.1 Å². The molecule has 0 bridgehead atoms. The lowest BCUT2D eigenvalue weighted by atomic mass is 10.1. The van der Waals surface area contributed by atoms with Crippen LogP contribution in [-0.2, 0) is 9.59 Å². The number of hydrogen-bond donors (Lipinski definition) is 3. The van der Waals surface area contributed by atoms with Gasteiger partial charge in [-0.3, -0.25) is 14.4 Å². The standard InChI is InChI=1S/C24H19Cl2N3O3S/c25-19-8-4-7-16(22(19)26)13-20(29-23(31)15-5-2-1-3-6-15)24(32)28-17-9-11-18(12-10-17)33-14-21(27)30/h1-13H,14H2,(H2,27,30)(H,28,32)(H,29,31)/b20-13-. The van der Waals surface area contributed by atoms with Crippen molar-refractivity contribution in [3.05, 3.63) is 99.7 Å². The first-order chi connectivity index (χ1) is 15.8. The zero-order valence-corrected chi connectivity index (χ0v) is 19.5. The van der Waals surface area contributed by atoms with Crippen LogP contribution in [0.2, 0.25) is 10.0 Å². The molecule has 0 atom stereocenters. The Bertz CT molecular complexity index is 1200. The van der Waals surface area contributed by atoms with E-state index < -0.39 is 17.7 Å². The zero-order chi connectivity index (χ0) is 23.8. The Kier molecular flexibility index (Phi) is 8.54. The van der Waals surface area contributed by atoms with Crippen LogP contribution >= 0.6 is 35.0 Å². The fourth-order valence-electron chi connectivity index (χ4n) is 2.72. The Morgan fingerprint density at radius 3 is 2.27 bits per heavy atom. The third-order valence-electron chi connectivity index (χ3n) is 4.30. The fourth-order valence-corrected chi connectivity index (χ4v) is 3.72. The molecule has 168 valence electrons. The number of carbonyl (C=O) groups is 3. The van der Waals surface area contributed by atoms with Crippen LogP contribution in [0.25, 0.3) is 6.08 Å². The molecule has 0 fully saturated rings. The second-order valence-corrected chi connectivity index (χ2v) is 8.59. The predicted molar refractivity (Wildman–Crippen MR) is 133 cm³/mol. The minimum Gasteiger partial charge on any atom is -0.369 e. The van der Waals surface area contributed by atoms with Crippen LogP contribution in [0, 0.1) is 0 Å². The van der Waals surface area contributed by atoms with E-state index in [2.05, 4.69) is 10.6 Å². The summed E-state index contributed by atoms with van der Waals surface area (Å²) in [6, 6.07) is 20.4. The Morgan fingerprint density at radius 1 is 0.909 bits per heavy atom. The van der Waals surface area contributed by atoms with E-state index in [4.69, 9.17) is 28.9 Å². The van der Waals surface area contributed by atoms with Gasteiger partial charge in [-0.15, -0.1) is 11.8 Å². The van der Waals surface area contributed by atoms with Gasteiger partial charge in [-0.2, -0.15) is 0 Å². The molecule has 3 amide bonds. The van der Waals surface area contributed by atoms with E-state index in [1.165, 1.54) is 17.8 Å². The van der Waals surface area contributed by atoms with Crippen LogP contribution in [0.3, 0.4) is 0 Å². The molecule has 0 saturated heterocycles. The minimum atomic E-state index is -0.548. The summed E-state index contributed by atoms with van der Waals surface area (Å²) >= 11 is 13.6. The van der Waals surface area contributed by atoms with Crippen LogP contribution in [-0.4, -0.2) is 23.5 Å². The van der Waals surface area contributed by atoms with Gasteiger partial charge in [0.2, 0.25) is 5.91 Å². The maximum Gasteiger partial charge on any atom is 0.272 e. The third kappa shape index (κ3) is 7.12. The number of nitrogens with two attached hydrogens (primary N) is 1. The quantitative estimate of drug-likeness (QED) is 0.300. The summed E-state index contributed by atoms with van der Waals surface area (Å²) in [6.45, 7) is 0. The highest BCUT2D eigenvalue weighted by molar-refractivity contribution is 8.00. The number of rotatable bonds is 8. The highest BCUT2D eigenvalue weighted by Gasteiger charge is 2.16. The Balaban J connectivity index is 1.84. The number of primary amides is 1. The minimum absolute atomic E-state index is 0.0137. The monoisotopic (exact) mass is 499 g/mol. The molecule has 0 spiro atoms. The van der Waals surface area contributed by atoms with Gasteiger partial charge >= 0.3 is 0 Å². The van der Waals surface area contributed by atoms with Gasteiger partial charge < -0.3 is 16.4 Å². The molecule has 0 aliphatic heterocycles. The van der Waals surface area contributed by atoms with E-state index in [0.717, 1.165) is 4.90 Å². The van der Waals surface area contributed by atoms with E-state index >= 15 is 0 Å². The second kappa shape index (κ2) is 11.6. The molecule has 33 heavy (non-hydrogen) atoms. The van der Waals surface area contributed by atoms with E-state index in [-0.39, 0.29) is 16.5 Å². The summed E-state index contributed by atoms with van der Waals surface area (Å²) in [5.74, 6) is -1.26. The number of nitrogens with one attached hydrogen (secondary N) is 2. The van der Waals surface area contributed by atoms with Crippen molar-refractivity contribution in [2.45, 2.75) is 4.90 Å². The maximum atomic E-state index is 13.0. The summed E-state index contributed by atoms with van der Waals surface area (Å²) in [7, 11) is 0. The molecule has 0 radical (unpaired) electrons. The SMILES string of the molecule is NC(=O)CSc1ccc(NC(=O)/C(=C/c2cccc(Cl)c2Cl)NC(=O)c2ccccc2)cc1. The van der Waals surface area contributed by atoms with Gasteiger partial charge in [-0.05, 0) is 54.1 Å². The normalized spacial score (nSPS) is 11.0. The third-order valence-corrected chi connectivity index (χ3v) is 6.17. The Morgan fingerprint density at radius 2 is 1.61 bits per heavy atom. The van der Waals surface area contributed by atoms with Gasteiger partial charge in [-0.25, -0.2) is 0 Å². The van der Waals surface area contributed by atoms with Crippen molar-refractivity contribution in [3.63, 3.8) is 0 Å². The number of carbonyl (C=O) groups excluding carboxylic acids is 3. The van der Waals surface area contributed by atoms with E-state index in [0.29, 0.717) is 21.8 Å². The first-order valence-corrected chi connectivity index (χ1v) is 11.4. The van der Waals surface area contributed by atoms with E-state index in [1.807, 2.05) is 0 Å². The van der Waals surface area contributed by atoms with Crippen molar-refractivity contribution in [1.82, 2.24) is 5.32 Å². The molecule has 6 nitrogen and oxygen atoms in total. The number of benzene rings is 3. The molecule has 3 aromatic rings. The summed E-state index contributed by atoms with van der Waals surface area (Å²) < 4.78 is 0. The molecule has 0 aliphatic rings. The van der Waals surface area contributed by atoms with Gasteiger partial charge in [0.15, 0.2) is 0 Å². The van der Waals surface area contributed by atoms with Crippen molar-refractivity contribution in [1.29, 1.82) is 0 Å². The highest BCUT2D eigenvalue weighted by atomic mass is 35.5. The molecular formula is C24H19Cl2N3O3S. The summed E-state index contributed by atoms with van der Waals surface area (Å²) in [5, 5.41) is 5.97. The zero-order valence-electron chi connectivity index (χ0n) is 17.2. The lowest BCUT2D eigenvalue weighted by Crippen LogP contribution is -2.30. The van der Waals surface area contributed by atoms with Crippen molar-refractivity contribution >= 4 is 64.4 Å². The molecule has 0 aromatic heterocycles. The van der Waals surface area contributed by atoms with E-state index in [9.17, 15) is 14.4 Å². The molecule has 0 saturated carbocycles. The molecule has 3 aromatic carbocycles. The van der Waals surface area contributed by atoms with E-state index in [1.54, 1.807) is 72.8 Å². The van der Waals surface area contributed by atoms with Crippen LogP contribution in [0.4, 0.5) is 5.69 Å². The smallest absolute Gasteiger partial charge is 0.272 e. The lowest BCUT2D eigenvalue weighted by Gasteiger charge is -2.12. The average molecular weight is 500 g/mol. The second-order valence-electron chi connectivity index (χ2n) is 6.75. The highest BCUT2D eigenvalue weighted by Crippen LogP contribution is 2.27. The Hall–Kier alpha value is -3.26. The number of anilines is 1. The summed E-state index contributed by atoms with van der Waals surface area (Å²) in [5.41, 5.74) is 6.51. The largest absolute Gasteiger partial charge is 0.369 e. The van der Waals surface area contributed by atoms with Crippen LogP contribution in [0.5, 0.6) is 0 Å². The Labute approximate surface area is 205 Å². The average Bonchev–Trinajstić information content (AvgIpc) is 2.81. The van der Waals surface area contributed by atoms with Gasteiger partial charge in [-0.1, -0.05) is 53.5 Å². The maximum absolute atomic E-state index is 13.0. The number of halogens is 2. The van der Waals surface area contributed by atoms with Crippen LogP contribution in [0.1, 0.15) is 15.9 Å². The lowest BCUT2D eigenvalue weighted by molar-refractivity contribution is -0.115. The number of amides is 3. The molecule has 0 heterocycles. The van der Waals surface area contributed by atoms with Gasteiger partial charge in [0.25, 0.3) is 11.8 Å². The molecule has 4 N–H and O–H groups in total. The summed E-state index contributed by atoms with van der Waals surface area (Å²) in [4.78, 5) is 37.5. The van der Waals surface area contributed by atoms with Crippen molar-refractivity contribution in [3.8, 4) is 0 Å². The van der Waals surface area contributed by atoms with Crippen molar-refractivity contribution < 1.29 is 14.4 Å². The molecule has 3 rings (SSSR count). The van der Waals surface area contributed by atoms with Gasteiger partial charge in [0.1, 0.15) is 5.70 Å². The van der Waals surface area contributed by atoms with Gasteiger partial charge in [0, 0.05) is 16.1 Å². The molecule has 9 heteroatoms. The number of hydrogen-bond acceptors (Lipinski definition) is 4. The topological polar surface area (TPSA) is 101 Å². The molecular weight excluding hydrogens is 481 g/mol. The summed E-state index contributed by atoms with van der Waals surface area (Å²) in [6.07, 6.45) is 1.46. The van der Waals surface area contributed by atoms with Crippen molar-refractivity contribution in [2.24, 2.45) is 5.73 Å². The predicted octanol–water partition coefficient (Wildman–Crippen LogP) is 4.98. The van der Waals surface area contributed by atoms with Crippen LogP contribution < -0.4 is 16.4 Å². The first-order valence-electron chi connectivity index (χ1n) is 9.68. The molecule has 0 aliphatic carbocycles. The van der Waals surface area contributed by atoms with Gasteiger partial charge in [0.05, 0.1) is 15.8 Å². The fraction of sp³-hybridized carbons (Fsp3) is 0.0417. The molecule has 0 unspecified atom stereocenters. The van der Waals surface area contributed by atoms with Crippen LogP contribution in [0.15, 0.2) is 83.4 Å². The first kappa shape index (κ1) is 24.4.